The maximum absolute atomic E-state index is 14.6. The number of piperidine rings is 1. The highest BCUT2D eigenvalue weighted by Crippen LogP contribution is 2.28. The van der Waals surface area contributed by atoms with Crippen LogP contribution in [0.1, 0.15) is 18.4 Å². The van der Waals surface area contributed by atoms with E-state index < -0.39 is 21.1 Å². The van der Waals surface area contributed by atoms with Gasteiger partial charge in [-0.3, -0.25) is 4.68 Å². The molecule has 182 valence electrons. The van der Waals surface area contributed by atoms with Gasteiger partial charge in [0, 0.05) is 24.7 Å². The maximum atomic E-state index is 14.6. The Hall–Kier alpha value is -3.71. The first-order valence-electron chi connectivity index (χ1n) is 10.8. The third-order valence-corrected chi connectivity index (χ3v) is 7.32. The summed E-state index contributed by atoms with van der Waals surface area (Å²) in [6, 6.07) is 9.66. The number of rotatable bonds is 6. The summed E-state index contributed by atoms with van der Waals surface area (Å²) in [4.78, 5) is 10.1. The highest BCUT2D eigenvalue weighted by Gasteiger charge is 2.29. The second-order valence-corrected chi connectivity index (χ2v) is 10.0. The zero-order valence-corrected chi connectivity index (χ0v) is 19.2. The van der Waals surface area contributed by atoms with E-state index in [-0.39, 0.29) is 49.9 Å². The minimum atomic E-state index is -3.65. The molecule has 3 aromatic heterocycles. The third-order valence-electron chi connectivity index (χ3n) is 5.92. The Morgan fingerprint density at radius 3 is 2.54 bits per heavy atom. The lowest BCUT2D eigenvalue weighted by atomic mass is 10.1. The van der Waals surface area contributed by atoms with Crippen molar-refractivity contribution in [1.29, 1.82) is 0 Å². The van der Waals surface area contributed by atoms with Crippen LogP contribution < -0.4 is 10.0 Å². The molecule has 0 aliphatic carbocycles. The summed E-state index contributed by atoms with van der Waals surface area (Å²) >= 11 is 0. The molecule has 13 heteroatoms. The molecular weight excluding hydrogens is 480 g/mol. The number of primary sulfonamides is 1. The molecule has 1 fully saturated rings. The van der Waals surface area contributed by atoms with E-state index in [1.54, 1.807) is 39.9 Å². The summed E-state index contributed by atoms with van der Waals surface area (Å²) in [5.41, 5.74) is 1.78. The molecule has 0 bridgehead atoms. The molecule has 10 nitrogen and oxygen atoms in total. The average molecular weight is 502 g/mol. The van der Waals surface area contributed by atoms with Crippen LogP contribution >= 0.6 is 0 Å². The summed E-state index contributed by atoms with van der Waals surface area (Å²) in [6.45, 7) is 0.671. The van der Waals surface area contributed by atoms with E-state index >= 15 is 0 Å². The van der Waals surface area contributed by atoms with Crippen molar-refractivity contribution in [2.24, 2.45) is 5.14 Å². The quantitative estimate of drug-likeness (QED) is 0.426. The van der Waals surface area contributed by atoms with Crippen molar-refractivity contribution in [3.05, 3.63) is 66.1 Å². The molecule has 35 heavy (non-hydrogen) atoms. The molecule has 5 rings (SSSR count). The lowest BCUT2D eigenvalue weighted by molar-refractivity contribution is 0.421. The summed E-state index contributed by atoms with van der Waals surface area (Å²) in [7, 11) is -3.65. The van der Waals surface area contributed by atoms with Crippen molar-refractivity contribution in [1.82, 2.24) is 24.9 Å². The van der Waals surface area contributed by atoms with Crippen molar-refractivity contribution < 1.29 is 21.7 Å². The van der Waals surface area contributed by atoms with Crippen LogP contribution in [-0.2, 0) is 16.6 Å². The van der Waals surface area contributed by atoms with Gasteiger partial charge in [-0.1, -0.05) is 23.4 Å². The van der Waals surface area contributed by atoms with Crippen LogP contribution in [-0.4, -0.2) is 51.7 Å². The number of hydrogen-bond acceptors (Lipinski definition) is 8. The normalized spacial score (nSPS) is 15.0. The Morgan fingerprint density at radius 1 is 1.09 bits per heavy atom. The Bertz CT molecular complexity index is 1450. The van der Waals surface area contributed by atoms with E-state index in [0.29, 0.717) is 22.6 Å². The predicted octanol–water partition coefficient (Wildman–Crippen LogP) is 2.58. The van der Waals surface area contributed by atoms with Crippen LogP contribution in [0.4, 0.5) is 14.6 Å². The molecular formula is C22H21F2N7O3S. The molecule has 0 unspecified atom stereocenters. The van der Waals surface area contributed by atoms with E-state index in [2.05, 4.69) is 20.2 Å². The topological polar surface area (TPSA) is 133 Å². The molecule has 1 aliphatic rings. The van der Waals surface area contributed by atoms with Crippen LogP contribution in [0.25, 0.3) is 22.9 Å². The molecule has 2 N–H and O–H groups in total. The fraction of sp³-hybridized carbons (Fsp3) is 0.273. The van der Waals surface area contributed by atoms with Gasteiger partial charge < -0.3 is 9.42 Å². The van der Waals surface area contributed by atoms with E-state index in [1.807, 2.05) is 0 Å². The number of aromatic nitrogens is 5. The molecule has 4 heterocycles. The summed E-state index contributed by atoms with van der Waals surface area (Å²) in [5.74, 6) is -0.800. The number of halogens is 2. The molecule has 1 saturated heterocycles. The van der Waals surface area contributed by atoms with Gasteiger partial charge in [-0.05, 0) is 25.0 Å². The molecule has 0 atom stereocenters. The predicted molar refractivity (Wildman–Crippen MR) is 123 cm³/mol. The van der Waals surface area contributed by atoms with Crippen molar-refractivity contribution in [3.8, 4) is 22.9 Å². The van der Waals surface area contributed by atoms with Gasteiger partial charge in [0.1, 0.15) is 23.5 Å². The van der Waals surface area contributed by atoms with Crippen LogP contribution in [0.3, 0.4) is 0 Å². The minimum absolute atomic E-state index is 0.0505. The Kier molecular flexibility index (Phi) is 6.03. The molecule has 0 saturated carbocycles. The summed E-state index contributed by atoms with van der Waals surface area (Å²) in [6.07, 6.45) is 3.00. The first kappa shape index (κ1) is 23.1. The maximum Gasteiger partial charge on any atom is 0.212 e. The first-order chi connectivity index (χ1) is 16.8. The van der Waals surface area contributed by atoms with Crippen LogP contribution in [0.5, 0.6) is 0 Å². The highest BCUT2D eigenvalue weighted by atomic mass is 32.2. The minimum Gasteiger partial charge on any atom is -0.364 e. The largest absolute Gasteiger partial charge is 0.364 e. The number of benzene rings is 1. The third kappa shape index (κ3) is 4.77. The summed E-state index contributed by atoms with van der Waals surface area (Å²) in [5, 5.41) is 13.1. The van der Waals surface area contributed by atoms with Crippen molar-refractivity contribution in [3.63, 3.8) is 0 Å². The Morgan fingerprint density at radius 2 is 1.86 bits per heavy atom. The zero-order chi connectivity index (χ0) is 24.6. The molecule has 4 aromatic rings. The number of sulfonamides is 1. The van der Waals surface area contributed by atoms with Crippen molar-refractivity contribution >= 4 is 15.8 Å². The Labute approximate surface area is 199 Å². The monoisotopic (exact) mass is 501 g/mol. The number of nitrogens with zero attached hydrogens (tertiary/aromatic N) is 6. The first-order valence-corrected chi connectivity index (χ1v) is 12.4. The second-order valence-electron chi connectivity index (χ2n) is 8.19. The van der Waals surface area contributed by atoms with Crippen LogP contribution in [0, 0.1) is 11.6 Å². The van der Waals surface area contributed by atoms with Gasteiger partial charge in [-0.2, -0.15) is 5.10 Å². The van der Waals surface area contributed by atoms with Crippen molar-refractivity contribution in [2.75, 3.05) is 18.0 Å². The number of nitrogens with two attached hydrogens (primary N) is 1. The van der Waals surface area contributed by atoms with E-state index in [4.69, 9.17) is 9.66 Å². The number of anilines is 1. The van der Waals surface area contributed by atoms with E-state index in [9.17, 15) is 17.2 Å². The van der Waals surface area contributed by atoms with Gasteiger partial charge >= 0.3 is 0 Å². The molecule has 0 radical (unpaired) electrons. The standard InChI is InChI=1S/C22H21F2N7O3S/c23-16-4-2-1-3-14(16)13-31-20(18-7-10-34-29-18)11-19(28-31)21-26-12-17(24)22(27-21)30-8-5-15(6-9-30)35(25,32)33/h1-4,7,10-12,15H,5-6,8-9,13H2,(H2,25,32,33). The molecule has 1 aliphatic heterocycles. The smallest absolute Gasteiger partial charge is 0.212 e. The van der Waals surface area contributed by atoms with E-state index in [0.717, 1.165) is 6.20 Å². The van der Waals surface area contributed by atoms with Gasteiger partial charge in [0.05, 0.1) is 23.7 Å². The van der Waals surface area contributed by atoms with Gasteiger partial charge in [0.15, 0.2) is 17.5 Å². The summed E-state index contributed by atoms with van der Waals surface area (Å²) < 4.78 is 58.7. The van der Waals surface area contributed by atoms with Gasteiger partial charge in [-0.25, -0.2) is 32.3 Å². The van der Waals surface area contributed by atoms with Gasteiger partial charge in [0.25, 0.3) is 0 Å². The SMILES string of the molecule is NS(=O)(=O)C1CCN(c2nc(-c3cc(-c4ccon4)n(Cc4ccccc4F)n3)ncc2F)CC1. The zero-order valence-electron chi connectivity index (χ0n) is 18.4. The van der Waals surface area contributed by atoms with Gasteiger partial charge in [-0.15, -0.1) is 0 Å². The molecule has 0 spiro atoms. The van der Waals surface area contributed by atoms with Crippen molar-refractivity contribution in [2.45, 2.75) is 24.6 Å². The molecule has 0 amide bonds. The fourth-order valence-electron chi connectivity index (χ4n) is 4.08. The van der Waals surface area contributed by atoms with Crippen LogP contribution in [0.2, 0.25) is 0 Å². The number of hydrogen-bond donors (Lipinski definition) is 1. The van der Waals surface area contributed by atoms with Crippen LogP contribution in [0.15, 0.2) is 53.4 Å². The lowest BCUT2D eigenvalue weighted by Crippen LogP contribution is -2.42. The fourth-order valence-corrected chi connectivity index (χ4v) is 4.95. The van der Waals surface area contributed by atoms with E-state index in [1.165, 1.54) is 12.3 Å². The highest BCUT2D eigenvalue weighted by molar-refractivity contribution is 7.89. The second kappa shape index (κ2) is 9.15. The lowest BCUT2D eigenvalue weighted by Gasteiger charge is -2.31. The average Bonchev–Trinajstić information content (AvgIpc) is 3.51. The molecule has 1 aromatic carbocycles. The Balaban J connectivity index is 1.48. The van der Waals surface area contributed by atoms with Gasteiger partial charge in [0.2, 0.25) is 10.0 Å².